The lowest BCUT2D eigenvalue weighted by molar-refractivity contribution is 0.0957. The van der Waals surface area contributed by atoms with Crippen molar-refractivity contribution in [1.82, 2.24) is 9.99 Å². The number of aromatic nitrogens is 1. The molecule has 96 valence electrons. The summed E-state index contributed by atoms with van der Waals surface area (Å²) in [6, 6.07) is 11.7. The summed E-state index contributed by atoms with van der Waals surface area (Å²) in [5.41, 5.74) is 3.70. The highest BCUT2D eigenvalue weighted by Crippen LogP contribution is 2.15. The van der Waals surface area contributed by atoms with Crippen LogP contribution in [0.3, 0.4) is 0 Å². The summed E-state index contributed by atoms with van der Waals surface area (Å²) in [5, 5.41) is 6.06. The predicted octanol–water partition coefficient (Wildman–Crippen LogP) is 2.55. The minimum atomic E-state index is -0.174. The third-order valence-corrected chi connectivity index (χ3v) is 4.69. The lowest BCUT2D eigenvalue weighted by Gasteiger charge is -1.96. The van der Waals surface area contributed by atoms with Crippen LogP contribution in [0.15, 0.2) is 46.9 Å². The summed E-state index contributed by atoms with van der Waals surface area (Å²) in [6.07, 6.45) is 0. The number of amides is 1. The van der Waals surface area contributed by atoms with E-state index in [-0.39, 0.29) is 5.91 Å². The van der Waals surface area contributed by atoms with Crippen molar-refractivity contribution in [3.63, 3.8) is 0 Å². The number of benzene rings is 1. The molecule has 1 aromatic carbocycles. The van der Waals surface area contributed by atoms with Gasteiger partial charge < -0.3 is 4.57 Å². The summed E-state index contributed by atoms with van der Waals surface area (Å²) < 4.78 is 3.11. The molecule has 3 aromatic rings. The van der Waals surface area contributed by atoms with Gasteiger partial charge in [-0.3, -0.25) is 4.79 Å². The molecule has 4 nitrogen and oxygen atoms in total. The molecule has 0 fully saturated rings. The zero-order valence-electron chi connectivity index (χ0n) is 10.2. The molecule has 19 heavy (non-hydrogen) atoms. The molecule has 6 heteroatoms. The normalized spacial score (nSPS) is 11.9. The highest BCUT2D eigenvalue weighted by Gasteiger charge is 2.05. The number of rotatable bonds is 2. The average Bonchev–Trinajstić information content (AvgIpc) is 3.05. The Bertz CT molecular complexity index is 784. The summed E-state index contributed by atoms with van der Waals surface area (Å²) in [4.78, 5) is 13.2. The number of para-hydroxylation sites is 1. The number of nitrogens with zero attached hydrogens (tertiary/aromatic N) is 2. The first-order valence-corrected chi connectivity index (χ1v) is 7.37. The second-order valence-corrected chi connectivity index (χ2v) is 5.90. The number of nitrogens with one attached hydrogen (secondary N) is 1. The number of hydrogen-bond acceptors (Lipinski definition) is 4. The summed E-state index contributed by atoms with van der Waals surface area (Å²) >= 11 is 2.95. The van der Waals surface area contributed by atoms with E-state index in [1.54, 1.807) is 17.4 Å². The maximum atomic E-state index is 11.8. The second kappa shape index (κ2) is 4.99. The Hall–Kier alpha value is -1.92. The van der Waals surface area contributed by atoms with Gasteiger partial charge in [0.1, 0.15) is 0 Å². The van der Waals surface area contributed by atoms with Gasteiger partial charge in [0.05, 0.1) is 15.1 Å². The smallest absolute Gasteiger partial charge is 0.281 e. The van der Waals surface area contributed by atoms with E-state index >= 15 is 0 Å². The molecular formula is C13H11N3OS2. The van der Waals surface area contributed by atoms with Crippen molar-refractivity contribution in [2.75, 3.05) is 0 Å². The Morgan fingerprint density at radius 3 is 2.84 bits per heavy atom. The van der Waals surface area contributed by atoms with Crippen molar-refractivity contribution >= 4 is 38.8 Å². The van der Waals surface area contributed by atoms with Crippen LogP contribution in [0.5, 0.6) is 0 Å². The van der Waals surface area contributed by atoms with E-state index in [1.165, 1.54) is 11.3 Å². The lowest BCUT2D eigenvalue weighted by atomic mass is 10.3. The molecule has 0 saturated carbocycles. The van der Waals surface area contributed by atoms with Crippen molar-refractivity contribution in [3.8, 4) is 0 Å². The Morgan fingerprint density at radius 1 is 1.26 bits per heavy atom. The number of thiazole rings is 1. The molecule has 0 radical (unpaired) electrons. The van der Waals surface area contributed by atoms with E-state index in [0.29, 0.717) is 4.88 Å². The topological polar surface area (TPSA) is 46.4 Å². The highest BCUT2D eigenvalue weighted by molar-refractivity contribution is 7.16. The van der Waals surface area contributed by atoms with Gasteiger partial charge in [0.25, 0.3) is 5.91 Å². The van der Waals surface area contributed by atoms with Gasteiger partial charge in [-0.1, -0.05) is 29.5 Å². The van der Waals surface area contributed by atoms with Crippen LogP contribution in [0.2, 0.25) is 0 Å². The van der Waals surface area contributed by atoms with Crippen molar-refractivity contribution in [2.45, 2.75) is 0 Å². The van der Waals surface area contributed by atoms with Crippen LogP contribution in [0.1, 0.15) is 9.67 Å². The molecule has 0 spiro atoms. The van der Waals surface area contributed by atoms with Crippen molar-refractivity contribution in [2.24, 2.45) is 12.1 Å². The van der Waals surface area contributed by atoms with Gasteiger partial charge in [0, 0.05) is 7.05 Å². The van der Waals surface area contributed by atoms with E-state index < -0.39 is 0 Å². The molecular weight excluding hydrogens is 278 g/mol. The molecule has 0 bridgehead atoms. The molecule has 0 aliphatic rings. The third-order valence-electron chi connectivity index (χ3n) is 2.71. The van der Waals surface area contributed by atoms with E-state index in [4.69, 9.17) is 0 Å². The Kier molecular flexibility index (Phi) is 3.18. The van der Waals surface area contributed by atoms with E-state index in [0.717, 1.165) is 15.0 Å². The van der Waals surface area contributed by atoms with E-state index in [9.17, 15) is 4.79 Å². The van der Waals surface area contributed by atoms with Gasteiger partial charge >= 0.3 is 0 Å². The number of hydrogen-bond donors (Lipinski definition) is 1. The molecule has 2 aromatic heterocycles. The van der Waals surface area contributed by atoms with E-state index in [2.05, 4.69) is 10.5 Å². The summed E-state index contributed by atoms with van der Waals surface area (Å²) in [6.45, 7) is 0. The Labute approximate surface area is 117 Å². The molecule has 0 aliphatic heterocycles. The van der Waals surface area contributed by atoms with Crippen LogP contribution in [-0.4, -0.2) is 10.5 Å². The quantitative estimate of drug-likeness (QED) is 0.724. The number of carbonyl (C=O) groups excluding carboxylic acids is 1. The lowest BCUT2D eigenvalue weighted by Crippen LogP contribution is -2.22. The maximum Gasteiger partial charge on any atom is 0.281 e. The first-order valence-electron chi connectivity index (χ1n) is 5.68. The predicted molar refractivity (Wildman–Crippen MR) is 78.1 cm³/mol. The summed E-state index contributed by atoms with van der Waals surface area (Å²) in [7, 11) is 1.94. The number of fused-ring (bicyclic) bond motifs is 1. The standard InChI is InChI=1S/C13H11N3OS2/c1-16-9-5-2-3-6-10(9)19-13(16)15-14-12(17)11-7-4-8-18-11/h2-8H,1H3,(H,14,17)/b15-13+. The highest BCUT2D eigenvalue weighted by atomic mass is 32.1. The van der Waals surface area contributed by atoms with Gasteiger partial charge in [-0.2, -0.15) is 0 Å². The third kappa shape index (κ3) is 2.32. The number of thiophene rings is 1. The van der Waals surface area contributed by atoms with E-state index in [1.807, 2.05) is 47.3 Å². The fraction of sp³-hybridized carbons (Fsp3) is 0.0769. The van der Waals surface area contributed by atoms with Crippen molar-refractivity contribution in [1.29, 1.82) is 0 Å². The molecule has 2 heterocycles. The van der Waals surface area contributed by atoms with Crippen LogP contribution in [0, 0.1) is 0 Å². The van der Waals surface area contributed by atoms with Crippen LogP contribution in [0.25, 0.3) is 10.2 Å². The zero-order valence-corrected chi connectivity index (χ0v) is 11.8. The minimum absolute atomic E-state index is 0.174. The van der Waals surface area contributed by atoms with Gasteiger partial charge in [0.15, 0.2) is 0 Å². The van der Waals surface area contributed by atoms with Crippen LogP contribution < -0.4 is 10.2 Å². The molecule has 1 N–H and O–H groups in total. The monoisotopic (exact) mass is 289 g/mol. The minimum Gasteiger partial charge on any atom is -0.318 e. The van der Waals surface area contributed by atoms with Gasteiger partial charge in [-0.25, -0.2) is 5.43 Å². The number of aryl methyl sites for hydroxylation is 1. The largest absolute Gasteiger partial charge is 0.318 e. The van der Waals surface area contributed by atoms with Gasteiger partial charge in [-0.15, -0.1) is 16.4 Å². The molecule has 0 aliphatic carbocycles. The second-order valence-electron chi connectivity index (χ2n) is 3.94. The fourth-order valence-electron chi connectivity index (χ4n) is 1.75. The molecule has 0 saturated heterocycles. The SMILES string of the molecule is Cn1/c(=N\NC(=O)c2cccs2)sc2ccccc21. The fourth-order valence-corrected chi connectivity index (χ4v) is 3.34. The molecule has 3 rings (SSSR count). The van der Waals surface area contributed by atoms with Crippen LogP contribution >= 0.6 is 22.7 Å². The zero-order chi connectivity index (χ0) is 13.2. The molecule has 1 amide bonds. The molecule has 0 atom stereocenters. The Morgan fingerprint density at radius 2 is 2.11 bits per heavy atom. The number of carbonyl (C=O) groups is 1. The van der Waals surface area contributed by atoms with Gasteiger partial charge in [0.2, 0.25) is 4.80 Å². The average molecular weight is 289 g/mol. The maximum absolute atomic E-state index is 11.8. The van der Waals surface area contributed by atoms with Gasteiger partial charge in [-0.05, 0) is 23.6 Å². The van der Waals surface area contributed by atoms with Crippen LogP contribution in [0.4, 0.5) is 0 Å². The summed E-state index contributed by atoms with van der Waals surface area (Å²) in [5.74, 6) is -0.174. The molecule has 0 unspecified atom stereocenters. The first kappa shape index (κ1) is 12.1. The Balaban J connectivity index is 1.94. The first-order chi connectivity index (χ1) is 9.25. The van der Waals surface area contributed by atoms with Crippen molar-refractivity contribution < 1.29 is 4.79 Å². The van der Waals surface area contributed by atoms with Crippen LogP contribution in [-0.2, 0) is 7.05 Å². The van der Waals surface area contributed by atoms with Crippen molar-refractivity contribution in [3.05, 3.63) is 51.5 Å².